The Labute approximate surface area is 147 Å². The Balaban J connectivity index is 1.71. The number of alkyl halides is 3. The van der Waals surface area contributed by atoms with Crippen molar-refractivity contribution < 1.29 is 27.2 Å². The highest BCUT2D eigenvalue weighted by molar-refractivity contribution is 5.91. The first kappa shape index (κ1) is 18.5. The molecule has 1 spiro atoms. The van der Waals surface area contributed by atoms with Gasteiger partial charge in [0.25, 0.3) is 0 Å². The molecule has 1 atom stereocenters. The fourth-order valence-corrected chi connectivity index (χ4v) is 3.72. The van der Waals surface area contributed by atoms with E-state index in [0.29, 0.717) is 38.1 Å². The first-order chi connectivity index (χ1) is 12.1. The number of carbonyl (C=O) groups is 2. The molecule has 2 heterocycles. The van der Waals surface area contributed by atoms with Crippen LogP contribution in [0.4, 0.5) is 28.0 Å². The summed E-state index contributed by atoms with van der Waals surface area (Å²) < 4.78 is 51.7. The second kappa shape index (κ2) is 6.44. The highest BCUT2D eigenvalue weighted by Crippen LogP contribution is 2.40. The fraction of sp³-hybridized carbons (Fsp3) is 0.529. The van der Waals surface area contributed by atoms with Crippen molar-refractivity contribution in [3.63, 3.8) is 0 Å². The van der Waals surface area contributed by atoms with Crippen LogP contribution in [-0.4, -0.2) is 48.4 Å². The smallest absolute Gasteiger partial charge is 0.345 e. The van der Waals surface area contributed by atoms with Gasteiger partial charge in [0.1, 0.15) is 5.82 Å². The Kier molecular flexibility index (Phi) is 4.58. The molecule has 3 amide bonds. The Morgan fingerprint density at radius 1 is 1.23 bits per heavy atom. The minimum absolute atomic E-state index is 0.000176. The number of nitrogens with one attached hydrogen (secondary N) is 1. The predicted molar refractivity (Wildman–Crippen MR) is 85.9 cm³/mol. The molecule has 0 radical (unpaired) electrons. The van der Waals surface area contributed by atoms with Gasteiger partial charge in [0.15, 0.2) is 0 Å². The summed E-state index contributed by atoms with van der Waals surface area (Å²) >= 11 is 0. The highest BCUT2D eigenvalue weighted by Gasteiger charge is 2.48. The number of halogens is 4. The molecule has 3 rings (SSSR count). The molecule has 2 saturated heterocycles. The zero-order chi connectivity index (χ0) is 19.1. The monoisotopic (exact) mass is 373 g/mol. The minimum atomic E-state index is -4.85. The number of piperidine rings is 1. The molecule has 0 bridgehead atoms. The summed E-state index contributed by atoms with van der Waals surface area (Å²) in [5, 5.41) is 2.37. The van der Waals surface area contributed by atoms with E-state index in [0.717, 1.165) is 12.5 Å². The second-order valence-corrected chi connectivity index (χ2v) is 6.90. The number of benzene rings is 1. The van der Waals surface area contributed by atoms with Crippen LogP contribution in [0, 0.1) is 11.2 Å². The Bertz CT molecular complexity index is 737. The van der Waals surface area contributed by atoms with E-state index in [4.69, 9.17) is 0 Å². The molecule has 2 aliphatic rings. The lowest BCUT2D eigenvalue weighted by Crippen LogP contribution is -2.49. The average Bonchev–Trinajstić information content (AvgIpc) is 2.99. The molecule has 1 aromatic rings. The number of rotatable bonds is 1. The van der Waals surface area contributed by atoms with Crippen LogP contribution < -0.4 is 5.32 Å². The van der Waals surface area contributed by atoms with Gasteiger partial charge >= 0.3 is 12.2 Å². The van der Waals surface area contributed by atoms with Crippen LogP contribution in [0.5, 0.6) is 0 Å². The van der Waals surface area contributed by atoms with Crippen molar-refractivity contribution in [1.29, 1.82) is 0 Å². The molecule has 5 nitrogen and oxygen atoms in total. The van der Waals surface area contributed by atoms with Crippen molar-refractivity contribution >= 4 is 17.6 Å². The summed E-state index contributed by atoms with van der Waals surface area (Å²) in [6.07, 6.45) is -2.78. The zero-order valence-electron chi connectivity index (χ0n) is 14.2. The van der Waals surface area contributed by atoms with Crippen LogP contribution in [0.25, 0.3) is 0 Å². The van der Waals surface area contributed by atoms with E-state index in [1.807, 2.05) is 0 Å². The molecule has 2 fully saturated rings. The van der Waals surface area contributed by atoms with Gasteiger partial charge < -0.3 is 15.1 Å². The maximum absolute atomic E-state index is 13.3. The third kappa shape index (κ3) is 3.34. The quantitative estimate of drug-likeness (QED) is 0.768. The largest absolute Gasteiger partial charge is 0.419 e. The lowest BCUT2D eigenvalue weighted by Gasteiger charge is -2.37. The topological polar surface area (TPSA) is 52.6 Å². The van der Waals surface area contributed by atoms with E-state index in [-0.39, 0.29) is 18.1 Å². The number of urea groups is 1. The first-order valence-corrected chi connectivity index (χ1v) is 8.31. The Morgan fingerprint density at radius 3 is 2.65 bits per heavy atom. The van der Waals surface area contributed by atoms with Gasteiger partial charge in [-0.1, -0.05) is 0 Å². The minimum Gasteiger partial charge on any atom is -0.345 e. The third-order valence-corrected chi connectivity index (χ3v) is 5.11. The van der Waals surface area contributed by atoms with Crippen LogP contribution in [0.3, 0.4) is 0 Å². The lowest BCUT2D eigenvalue weighted by atomic mass is 9.78. The van der Waals surface area contributed by atoms with E-state index < -0.39 is 29.0 Å². The van der Waals surface area contributed by atoms with Gasteiger partial charge in [0.2, 0.25) is 5.91 Å². The van der Waals surface area contributed by atoms with Crippen LogP contribution >= 0.6 is 0 Å². The van der Waals surface area contributed by atoms with Gasteiger partial charge in [-0.05, 0) is 37.5 Å². The number of carbonyl (C=O) groups excluding carboxylic acids is 2. The van der Waals surface area contributed by atoms with Crippen molar-refractivity contribution in [2.24, 2.45) is 5.41 Å². The van der Waals surface area contributed by atoms with Gasteiger partial charge in [-0.15, -0.1) is 0 Å². The fourth-order valence-electron chi connectivity index (χ4n) is 3.72. The summed E-state index contributed by atoms with van der Waals surface area (Å²) in [5.74, 6) is -1.40. The summed E-state index contributed by atoms with van der Waals surface area (Å²) in [6, 6.07) is 1.72. The number of likely N-dealkylation sites (tertiary alicyclic amines) is 2. The van der Waals surface area contributed by atoms with Crippen LogP contribution in [0.2, 0.25) is 0 Å². The second-order valence-electron chi connectivity index (χ2n) is 6.90. The standard InChI is InChI=1S/C17H19F4N3O2/c1-23-7-2-5-16(14(23)25)6-8-24(10-16)15(26)22-11-3-4-13(18)12(9-11)17(19,20)21/h3-4,9H,2,5-8,10H2,1H3,(H,22,26)/t16-/m0/s1. The summed E-state index contributed by atoms with van der Waals surface area (Å²) in [7, 11) is 1.73. The maximum atomic E-state index is 13.3. The first-order valence-electron chi connectivity index (χ1n) is 8.31. The van der Waals surface area contributed by atoms with Crippen molar-refractivity contribution in [2.45, 2.75) is 25.4 Å². The molecule has 26 heavy (non-hydrogen) atoms. The molecule has 2 aliphatic heterocycles. The van der Waals surface area contributed by atoms with Gasteiger partial charge in [-0.3, -0.25) is 4.79 Å². The van der Waals surface area contributed by atoms with Crippen molar-refractivity contribution in [2.75, 3.05) is 32.0 Å². The number of anilines is 1. The van der Waals surface area contributed by atoms with E-state index in [1.165, 1.54) is 4.90 Å². The number of nitrogens with zero attached hydrogens (tertiary/aromatic N) is 2. The number of amides is 3. The number of hydrogen-bond acceptors (Lipinski definition) is 2. The van der Waals surface area contributed by atoms with E-state index >= 15 is 0 Å². The molecular weight excluding hydrogens is 354 g/mol. The van der Waals surface area contributed by atoms with Crippen molar-refractivity contribution in [1.82, 2.24) is 9.80 Å². The normalized spacial score (nSPS) is 23.7. The number of hydrogen-bond donors (Lipinski definition) is 1. The molecule has 0 saturated carbocycles. The maximum Gasteiger partial charge on any atom is 0.419 e. The molecule has 9 heteroatoms. The van der Waals surface area contributed by atoms with Crippen molar-refractivity contribution in [3.05, 3.63) is 29.6 Å². The SMILES string of the molecule is CN1CCC[C@@]2(CCN(C(=O)Nc3ccc(F)c(C(F)(F)F)c3)C2)C1=O. The van der Waals surface area contributed by atoms with E-state index in [9.17, 15) is 27.2 Å². The van der Waals surface area contributed by atoms with Crippen LogP contribution in [0.1, 0.15) is 24.8 Å². The third-order valence-electron chi connectivity index (χ3n) is 5.11. The van der Waals surface area contributed by atoms with Crippen LogP contribution in [-0.2, 0) is 11.0 Å². The molecule has 0 aromatic heterocycles. The zero-order valence-corrected chi connectivity index (χ0v) is 14.2. The summed E-state index contributed by atoms with van der Waals surface area (Å²) in [6.45, 7) is 1.26. The highest BCUT2D eigenvalue weighted by atomic mass is 19.4. The average molecular weight is 373 g/mol. The van der Waals surface area contributed by atoms with Gasteiger partial charge in [-0.2, -0.15) is 13.2 Å². The molecular formula is C17H19F4N3O2. The van der Waals surface area contributed by atoms with Gasteiger partial charge in [-0.25, -0.2) is 9.18 Å². The van der Waals surface area contributed by atoms with Crippen molar-refractivity contribution in [3.8, 4) is 0 Å². The lowest BCUT2D eigenvalue weighted by molar-refractivity contribution is -0.143. The predicted octanol–water partition coefficient (Wildman–Crippen LogP) is 3.32. The molecule has 0 unspecified atom stereocenters. The molecule has 142 valence electrons. The molecule has 1 N–H and O–H groups in total. The molecule has 0 aliphatic carbocycles. The van der Waals surface area contributed by atoms with E-state index in [2.05, 4.69) is 5.32 Å². The van der Waals surface area contributed by atoms with Gasteiger partial charge in [0.05, 0.1) is 11.0 Å². The van der Waals surface area contributed by atoms with Crippen LogP contribution in [0.15, 0.2) is 18.2 Å². The van der Waals surface area contributed by atoms with E-state index in [1.54, 1.807) is 11.9 Å². The summed E-state index contributed by atoms with van der Waals surface area (Å²) in [4.78, 5) is 27.9. The summed E-state index contributed by atoms with van der Waals surface area (Å²) in [5.41, 5.74) is -2.18. The Morgan fingerprint density at radius 2 is 1.96 bits per heavy atom. The Hall–Kier alpha value is -2.32. The molecule has 1 aromatic carbocycles. The van der Waals surface area contributed by atoms with Gasteiger partial charge in [0, 0.05) is 32.4 Å².